The molecule has 2 aromatic heterocycles. The lowest BCUT2D eigenvalue weighted by Gasteiger charge is -2.23. The molecule has 0 aliphatic carbocycles. The molecule has 1 atom stereocenters. The van der Waals surface area contributed by atoms with E-state index in [4.69, 9.17) is 4.42 Å². The summed E-state index contributed by atoms with van der Waals surface area (Å²) in [6.07, 6.45) is -3.05. The lowest BCUT2D eigenvalue weighted by atomic mass is 10.2. The molecule has 132 valence electrons. The largest absolute Gasteiger partial charge is 0.468 e. The molecule has 0 aliphatic heterocycles. The second-order valence-electron chi connectivity index (χ2n) is 5.79. The number of para-hydroxylation sites is 1. The maximum atomic E-state index is 13.1. The molecule has 0 saturated heterocycles. The highest BCUT2D eigenvalue weighted by molar-refractivity contribution is 5.89. The van der Waals surface area contributed by atoms with Crippen LogP contribution in [0.1, 0.15) is 17.6 Å². The Balaban J connectivity index is 1.94. The Hall–Kier alpha value is -2.61. The summed E-state index contributed by atoms with van der Waals surface area (Å²) in [5.74, 6) is -0.295. The summed E-state index contributed by atoms with van der Waals surface area (Å²) in [7, 11) is 3.74. The molecule has 0 amide bonds. The highest BCUT2D eigenvalue weighted by atomic mass is 19.4. The van der Waals surface area contributed by atoms with Gasteiger partial charge in [0.15, 0.2) is 0 Å². The molecule has 25 heavy (non-hydrogen) atoms. The molecule has 1 aromatic carbocycles. The van der Waals surface area contributed by atoms with E-state index in [9.17, 15) is 13.2 Å². The van der Waals surface area contributed by atoms with Gasteiger partial charge in [-0.2, -0.15) is 13.2 Å². The van der Waals surface area contributed by atoms with E-state index in [0.29, 0.717) is 17.7 Å². The first kappa shape index (κ1) is 17.2. The minimum absolute atomic E-state index is 0.149. The summed E-state index contributed by atoms with van der Waals surface area (Å²) in [5.41, 5.74) is 0.242. The lowest BCUT2D eigenvalue weighted by Crippen LogP contribution is -2.27. The van der Waals surface area contributed by atoms with Crippen molar-refractivity contribution in [2.45, 2.75) is 12.2 Å². The van der Waals surface area contributed by atoms with Crippen molar-refractivity contribution in [2.24, 2.45) is 0 Å². The Kier molecular flexibility index (Phi) is 4.63. The first-order valence-electron chi connectivity index (χ1n) is 7.64. The van der Waals surface area contributed by atoms with Gasteiger partial charge in [-0.1, -0.05) is 12.1 Å². The molecular formula is C17H17F3N4O. The highest BCUT2D eigenvalue weighted by Crippen LogP contribution is 2.30. The second kappa shape index (κ2) is 6.72. The van der Waals surface area contributed by atoms with Crippen LogP contribution in [-0.2, 0) is 6.18 Å². The quantitative estimate of drug-likeness (QED) is 0.755. The smallest absolute Gasteiger partial charge is 0.451 e. The van der Waals surface area contributed by atoms with Gasteiger partial charge in [-0.25, -0.2) is 9.97 Å². The maximum absolute atomic E-state index is 13.1. The number of anilines is 1. The van der Waals surface area contributed by atoms with Crippen molar-refractivity contribution in [1.82, 2.24) is 14.9 Å². The van der Waals surface area contributed by atoms with Gasteiger partial charge in [0.1, 0.15) is 11.6 Å². The highest BCUT2D eigenvalue weighted by Gasteiger charge is 2.35. The molecule has 1 N–H and O–H groups in total. The van der Waals surface area contributed by atoms with E-state index in [1.54, 1.807) is 30.5 Å². The maximum Gasteiger partial charge on any atom is 0.451 e. The number of benzene rings is 1. The standard InChI is InChI=1S/C17H17F3N4O/c1-24(2)13(14-8-5-9-25-14)10-21-15-11-6-3-4-7-12(11)22-16(23-15)17(18,19)20/h3-9,13H,10H2,1-2H3,(H,21,22,23)/t13-/m0/s1. The summed E-state index contributed by atoms with van der Waals surface area (Å²) < 4.78 is 44.6. The molecule has 0 bridgehead atoms. The zero-order valence-corrected chi connectivity index (χ0v) is 13.7. The number of alkyl halides is 3. The number of fused-ring (bicyclic) bond motifs is 1. The van der Waals surface area contributed by atoms with Gasteiger partial charge in [0.25, 0.3) is 0 Å². The molecule has 0 aliphatic rings. The normalized spacial score (nSPS) is 13.4. The number of likely N-dealkylation sites (N-methyl/N-ethyl adjacent to an activating group) is 1. The predicted octanol–water partition coefficient (Wildman–Crippen LogP) is 3.96. The monoisotopic (exact) mass is 350 g/mol. The Bertz CT molecular complexity index is 847. The topological polar surface area (TPSA) is 54.2 Å². The molecule has 8 heteroatoms. The zero-order valence-electron chi connectivity index (χ0n) is 13.7. The third-order valence-corrected chi connectivity index (χ3v) is 3.81. The molecule has 0 fully saturated rings. The molecule has 0 saturated carbocycles. The summed E-state index contributed by atoms with van der Waals surface area (Å²) in [6.45, 7) is 0.332. The summed E-state index contributed by atoms with van der Waals surface area (Å²) in [6, 6.07) is 10.0. The van der Waals surface area contributed by atoms with Crippen molar-refractivity contribution >= 4 is 16.7 Å². The van der Waals surface area contributed by atoms with Crippen LogP contribution in [0.3, 0.4) is 0 Å². The molecule has 0 spiro atoms. The zero-order chi connectivity index (χ0) is 18.0. The van der Waals surface area contributed by atoms with Gasteiger partial charge in [0.05, 0.1) is 17.8 Å². The van der Waals surface area contributed by atoms with Gasteiger partial charge in [0, 0.05) is 11.9 Å². The molecular weight excluding hydrogens is 333 g/mol. The Morgan fingerprint density at radius 1 is 1.12 bits per heavy atom. The van der Waals surface area contributed by atoms with E-state index >= 15 is 0 Å². The van der Waals surface area contributed by atoms with Crippen molar-refractivity contribution in [3.63, 3.8) is 0 Å². The van der Waals surface area contributed by atoms with E-state index < -0.39 is 12.0 Å². The number of hydrogen-bond acceptors (Lipinski definition) is 5. The summed E-state index contributed by atoms with van der Waals surface area (Å²) in [4.78, 5) is 9.22. The van der Waals surface area contributed by atoms with Crippen LogP contribution in [0.5, 0.6) is 0 Å². The van der Waals surface area contributed by atoms with Crippen LogP contribution in [-0.4, -0.2) is 35.5 Å². The minimum atomic E-state index is -4.61. The average molecular weight is 350 g/mol. The van der Waals surface area contributed by atoms with Crippen molar-refractivity contribution in [2.75, 3.05) is 26.0 Å². The molecule has 5 nitrogen and oxygen atoms in total. The van der Waals surface area contributed by atoms with Gasteiger partial charge < -0.3 is 9.73 Å². The fraction of sp³-hybridized carbons (Fsp3) is 0.294. The van der Waals surface area contributed by atoms with Crippen molar-refractivity contribution in [3.05, 3.63) is 54.2 Å². The van der Waals surface area contributed by atoms with Gasteiger partial charge in [-0.15, -0.1) is 0 Å². The van der Waals surface area contributed by atoms with Crippen molar-refractivity contribution in [3.8, 4) is 0 Å². The first-order chi connectivity index (χ1) is 11.9. The second-order valence-corrected chi connectivity index (χ2v) is 5.79. The number of aromatic nitrogens is 2. The van der Waals surface area contributed by atoms with Crippen molar-refractivity contribution in [1.29, 1.82) is 0 Å². The SMILES string of the molecule is CN(C)[C@@H](CNc1nc(C(F)(F)F)nc2ccccc12)c1ccco1. The summed E-state index contributed by atoms with van der Waals surface area (Å²) in [5, 5.41) is 3.55. The third-order valence-electron chi connectivity index (χ3n) is 3.81. The number of rotatable bonds is 5. The molecule has 3 rings (SSSR count). The first-order valence-corrected chi connectivity index (χ1v) is 7.64. The van der Waals surface area contributed by atoms with Gasteiger partial charge in [0.2, 0.25) is 5.82 Å². The predicted molar refractivity (Wildman–Crippen MR) is 88.2 cm³/mol. The fourth-order valence-corrected chi connectivity index (χ4v) is 2.55. The van der Waals surface area contributed by atoms with Crippen LogP contribution in [0, 0.1) is 0 Å². The van der Waals surface area contributed by atoms with Crippen LogP contribution in [0.15, 0.2) is 47.1 Å². The molecule has 2 heterocycles. The lowest BCUT2D eigenvalue weighted by molar-refractivity contribution is -0.144. The number of furan rings is 1. The number of hydrogen-bond donors (Lipinski definition) is 1. The van der Waals surface area contributed by atoms with Crippen LogP contribution in [0.4, 0.5) is 19.0 Å². The van der Waals surface area contributed by atoms with Gasteiger partial charge in [-0.05, 0) is 38.4 Å². The fourth-order valence-electron chi connectivity index (χ4n) is 2.55. The number of nitrogens with zero attached hydrogens (tertiary/aromatic N) is 3. The summed E-state index contributed by atoms with van der Waals surface area (Å²) >= 11 is 0. The Labute approximate surface area is 142 Å². The van der Waals surface area contributed by atoms with Crippen molar-refractivity contribution < 1.29 is 17.6 Å². The van der Waals surface area contributed by atoms with E-state index in [2.05, 4.69) is 15.3 Å². The molecule has 0 unspecified atom stereocenters. The van der Waals surface area contributed by atoms with Crippen LogP contribution >= 0.6 is 0 Å². The Morgan fingerprint density at radius 2 is 1.88 bits per heavy atom. The third kappa shape index (κ3) is 3.74. The van der Waals surface area contributed by atoms with Crippen LogP contribution in [0.25, 0.3) is 10.9 Å². The Morgan fingerprint density at radius 3 is 2.52 bits per heavy atom. The number of nitrogens with one attached hydrogen (secondary N) is 1. The van der Waals surface area contributed by atoms with E-state index in [1.807, 2.05) is 25.1 Å². The van der Waals surface area contributed by atoms with Gasteiger partial charge in [-0.3, -0.25) is 4.90 Å². The van der Waals surface area contributed by atoms with E-state index in [1.165, 1.54) is 6.07 Å². The van der Waals surface area contributed by atoms with Gasteiger partial charge >= 0.3 is 6.18 Å². The van der Waals surface area contributed by atoms with E-state index in [-0.39, 0.29) is 17.4 Å². The molecule has 3 aromatic rings. The number of halogens is 3. The average Bonchev–Trinajstić information content (AvgIpc) is 3.07. The van der Waals surface area contributed by atoms with Crippen LogP contribution in [0.2, 0.25) is 0 Å². The van der Waals surface area contributed by atoms with E-state index in [0.717, 1.165) is 0 Å². The van der Waals surface area contributed by atoms with Crippen LogP contribution < -0.4 is 5.32 Å². The molecule has 0 radical (unpaired) electrons. The minimum Gasteiger partial charge on any atom is -0.468 e.